The topological polar surface area (TPSA) is 96.8 Å². The summed E-state index contributed by atoms with van der Waals surface area (Å²) >= 11 is 1.28. The molecule has 0 bridgehead atoms. The molecule has 10 heteroatoms. The van der Waals surface area contributed by atoms with Crippen molar-refractivity contribution in [3.8, 4) is 5.75 Å². The predicted molar refractivity (Wildman–Crippen MR) is 151 cm³/mol. The lowest BCUT2D eigenvalue weighted by atomic mass is 9.94. The van der Waals surface area contributed by atoms with Crippen molar-refractivity contribution in [3.63, 3.8) is 0 Å². The molecule has 0 radical (unpaired) electrons. The first-order chi connectivity index (χ1) is 18.8. The minimum absolute atomic E-state index is 0.116. The van der Waals surface area contributed by atoms with Crippen LogP contribution in [0.5, 0.6) is 5.75 Å². The fourth-order valence-electron chi connectivity index (χ4n) is 5.01. The van der Waals surface area contributed by atoms with Gasteiger partial charge in [0.1, 0.15) is 5.75 Å². The first kappa shape index (κ1) is 26.4. The SMILES string of the molecule is CCCC1=C(C(=O)OCC)[C@@H](c2cccc(OC)c2)n2c(s/c(=C/c3ccc4c(c3)n(C)c(=O)n4C)c2=O)=N1. The minimum Gasteiger partial charge on any atom is -0.497 e. The van der Waals surface area contributed by atoms with Crippen molar-refractivity contribution >= 4 is 34.4 Å². The van der Waals surface area contributed by atoms with E-state index < -0.39 is 12.0 Å². The van der Waals surface area contributed by atoms with E-state index in [0.29, 0.717) is 32.8 Å². The third-order valence-electron chi connectivity index (χ3n) is 6.90. The van der Waals surface area contributed by atoms with Gasteiger partial charge in [-0.25, -0.2) is 14.6 Å². The number of hydrogen-bond donors (Lipinski definition) is 0. The highest BCUT2D eigenvalue weighted by Crippen LogP contribution is 2.33. The number of hydrogen-bond acceptors (Lipinski definition) is 7. The van der Waals surface area contributed by atoms with Gasteiger partial charge in [-0.1, -0.05) is 42.9 Å². The third kappa shape index (κ3) is 4.54. The fourth-order valence-corrected chi connectivity index (χ4v) is 6.03. The number of thiazole rings is 1. The predicted octanol–water partition coefficient (Wildman–Crippen LogP) is 2.78. The van der Waals surface area contributed by atoms with Gasteiger partial charge in [0.25, 0.3) is 5.56 Å². The first-order valence-corrected chi connectivity index (χ1v) is 13.6. The van der Waals surface area contributed by atoms with Crippen molar-refractivity contribution in [2.75, 3.05) is 13.7 Å². The number of imidazole rings is 1. The number of methoxy groups -OCH3 is 1. The van der Waals surface area contributed by atoms with Gasteiger partial charge >= 0.3 is 11.7 Å². The van der Waals surface area contributed by atoms with Crippen molar-refractivity contribution in [1.82, 2.24) is 13.7 Å². The Morgan fingerprint density at radius 2 is 1.85 bits per heavy atom. The summed E-state index contributed by atoms with van der Waals surface area (Å²) in [5.74, 6) is 0.135. The second-order valence-corrected chi connectivity index (χ2v) is 10.3. The highest BCUT2D eigenvalue weighted by atomic mass is 32.1. The fraction of sp³-hybridized carbons (Fsp3) is 0.310. The molecule has 2 aromatic heterocycles. The summed E-state index contributed by atoms with van der Waals surface area (Å²) in [5.41, 5.74) is 3.71. The smallest absolute Gasteiger partial charge is 0.338 e. The van der Waals surface area contributed by atoms with Gasteiger partial charge < -0.3 is 9.47 Å². The Hall–Kier alpha value is -4.18. The maximum absolute atomic E-state index is 14.0. The number of carbonyl (C=O) groups is 1. The number of aryl methyl sites for hydroxylation is 2. The Labute approximate surface area is 228 Å². The molecule has 2 aromatic carbocycles. The summed E-state index contributed by atoms with van der Waals surface area (Å²) in [6, 6.07) is 12.3. The van der Waals surface area contributed by atoms with E-state index in [4.69, 9.17) is 14.5 Å². The Balaban J connectivity index is 1.76. The Kier molecular flexibility index (Phi) is 7.14. The lowest BCUT2D eigenvalue weighted by molar-refractivity contribution is -0.139. The van der Waals surface area contributed by atoms with Gasteiger partial charge in [0, 0.05) is 14.1 Å². The molecule has 9 nitrogen and oxygen atoms in total. The molecule has 1 aliphatic heterocycles. The minimum atomic E-state index is -0.712. The second kappa shape index (κ2) is 10.5. The van der Waals surface area contributed by atoms with E-state index in [0.717, 1.165) is 28.6 Å². The summed E-state index contributed by atoms with van der Waals surface area (Å²) in [4.78, 5) is 45.0. The summed E-state index contributed by atoms with van der Waals surface area (Å²) < 4.78 is 16.1. The molecule has 0 fully saturated rings. The lowest BCUT2D eigenvalue weighted by Gasteiger charge is -2.26. The van der Waals surface area contributed by atoms with Crippen LogP contribution >= 0.6 is 11.3 Å². The van der Waals surface area contributed by atoms with E-state index in [9.17, 15) is 14.4 Å². The molecule has 0 unspecified atom stereocenters. The highest BCUT2D eigenvalue weighted by molar-refractivity contribution is 7.07. The Morgan fingerprint density at radius 3 is 2.56 bits per heavy atom. The van der Waals surface area contributed by atoms with Gasteiger partial charge in [0.15, 0.2) is 4.80 Å². The second-order valence-electron chi connectivity index (χ2n) is 9.34. The molecule has 202 valence electrons. The largest absolute Gasteiger partial charge is 0.497 e. The molecule has 0 saturated carbocycles. The molecule has 0 amide bonds. The molecule has 0 N–H and O–H groups in total. The molecule has 0 spiro atoms. The van der Waals surface area contributed by atoms with E-state index in [-0.39, 0.29) is 17.9 Å². The molecule has 0 saturated heterocycles. The van der Waals surface area contributed by atoms with Crippen LogP contribution in [0, 0.1) is 0 Å². The van der Waals surface area contributed by atoms with Crippen LogP contribution in [0.1, 0.15) is 43.9 Å². The van der Waals surface area contributed by atoms with Gasteiger partial charge in [-0.3, -0.25) is 18.5 Å². The van der Waals surface area contributed by atoms with E-state index in [1.807, 2.05) is 49.4 Å². The number of ether oxygens (including phenoxy) is 2. The molecule has 4 aromatic rings. The van der Waals surface area contributed by atoms with Crippen molar-refractivity contribution in [2.45, 2.75) is 32.7 Å². The number of benzene rings is 2. The van der Waals surface area contributed by atoms with Crippen molar-refractivity contribution in [1.29, 1.82) is 0 Å². The van der Waals surface area contributed by atoms with Gasteiger partial charge in [-0.05, 0) is 54.8 Å². The number of rotatable bonds is 7. The Bertz CT molecular complexity index is 1870. The number of aromatic nitrogens is 3. The molecule has 39 heavy (non-hydrogen) atoms. The van der Waals surface area contributed by atoms with Crippen LogP contribution in [-0.4, -0.2) is 33.4 Å². The average Bonchev–Trinajstić information content (AvgIpc) is 3.35. The van der Waals surface area contributed by atoms with Gasteiger partial charge in [-0.2, -0.15) is 0 Å². The average molecular weight is 547 g/mol. The molecular weight excluding hydrogens is 516 g/mol. The number of allylic oxidation sites excluding steroid dienone is 1. The lowest BCUT2D eigenvalue weighted by Crippen LogP contribution is -2.40. The van der Waals surface area contributed by atoms with Crippen LogP contribution in [0.25, 0.3) is 17.1 Å². The van der Waals surface area contributed by atoms with E-state index >= 15 is 0 Å². The standard InChI is InChI=1S/C29H30N4O5S/c1-6-9-20-24(27(35)38-7-2)25(18-10-8-11-19(16-18)37-5)33-26(34)23(39-28(33)30-20)15-17-12-13-21-22(14-17)32(4)29(36)31(21)3/h8,10-16,25H,6-7,9H2,1-5H3/b23-15+/t25-/m1/s1. The van der Waals surface area contributed by atoms with Crippen molar-refractivity contribution in [3.05, 3.63) is 95.0 Å². The van der Waals surface area contributed by atoms with Crippen LogP contribution in [-0.2, 0) is 23.6 Å². The maximum atomic E-state index is 14.0. The van der Waals surface area contributed by atoms with Crippen molar-refractivity contribution < 1.29 is 14.3 Å². The van der Waals surface area contributed by atoms with Gasteiger partial charge in [0.2, 0.25) is 0 Å². The Morgan fingerprint density at radius 1 is 1.08 bits per heavy atom. The normalized spacial score (nSPS) is 15.4. The van der Waals surface area contributed by atoms with Crippen LogP contribution in [0.15, 0.2) is 68.3 Å². The summed E-state index contributed by atoms with van der Waals surface area (Å²) in [5, 5.41) is 0. The zero-order valence-corrected chi connectivity index (χ0v) is 23.4. The monoisotopic (exact) mass is 546 g/mol. The number of nitrogens with zero attached hydrogens (tertiary/aromatic N) is 4. The molecule has 1 aliphatic rings. The summed E-state index contributed by atoms with van der Waals surface area (Å²) in [6.07, 6.45) is 3.15. The maximum Gasteiger partial charge on any atom is 0.338 e. The quantitative estimate of drug-likeness (QED) is 0.332. The zero-order valence-electron chi connectivity index (χ0n) is 22.6. The van der Waals surface area contributed by atoms with E-state index in [1.54, 1.807) is 47.9 Å². The van der Waals surface area contributed by atoms with Crippen LogP contribution in [0.4, 0.5) is 0 Å². The summed E-state index contributed by atoms with van der Waals surface area (Å²) in [7, 11) is 5.03. The summed E-state index contributed by atoms with van der Waals surface area (Å²) in [6.45, 7) is 3.99. The molecule has 0 aliphatic carbocycles. The zero-order chi connectivity index (χ0) is 27.8. The molecule has 5 rings (SSSR count). The number of fused-ring (bicyclic) bond motifs is 2. The van der Waals surface area contributed by atoms with Gasteiger partial charge in [0.05, 0.1) is 46.6 Å². The van der Waals surface area contributed by atoms with E-state index in [1.165, 1.54) is 11.3 Å². The first-order valence-electron chi connectivity index (χ1n) is 12.8. The highest BCUT2D eigenvalue weighted by Gasteiger charge is 2.34. The number of esters is 1. The van der Waals surface area contributed by atoms with Crippen LogP contribution in [0.2, 0.25) is 0 Å². The molecular formula is C29H30N4O5S. The van der Waals surface area contributed by atoms with Gasteiger partial charge in [-0.15, -0.1) is 0 Å². The van der Waals surface area contributed by atoms with Crippen molar-refractivity contribution in [2.24, 2.45) is 19.1 Å². The van der Waals surface area contributed by atoms with Crippen LogP contribution < -0.4 is 25.3 Å². The molecule has 1 atom stereocenters. The van der Waals surface area contributed by atoms with E-state index in [2.05, 4.69) is 0 Å². The third-order valence-corrected chi connectivity index (χ3v) is 7.88. The van der Waals surface area contributed by atoms with Crippen LogP contribution in [0.3, 0.4) is 0 Å². The molecule has 3 heterocycles. The number of carbonyl (C=O) groups excluding carboxylic acids is 1.